The molecule has 0 saturated heterocycles. The molecule has 1 aromatic heterocycles. The number of benzene rings is 1. The molecule has 0 aliphatic rings. The van der Waals surface area contributed by atoms with Gasteiger partial charge in [0.1, 0.15) is 23.2 Å². The van der Waals surface area contributed by atoms with Crippen LogP contribution in [0.15, 0.2) is 24.3 Å². The fraction of sp³-hybridized carbons (Fsp3) is 0.286. The molecular weight excluding hydrogens is 240 g/mol. The molecular formula is C14H16N4O. The molecule has 2 rings (SSSR count). The summed E-state index contributed by atoms with van der Waals surface area (Å²) in [6.07, 6.45) is 0. The molecule has 0 fully saturated rings. The highest BCUT2D eigenvalue weighted by molar-refractivity contribution is 5.55. The highest BCUT2D eigenvalue weighted by Crippen LogP contribution is 2.21. The van der Waals surface area contributed by atoms with E-state index in [-0.39, 0.29) is 0 Å². The molecule has 0 amide bonds. The van der Waals surface area contributed by atoms with Crippen LogP contribution in [0.3, 0.4) is 0 Å². The van der Waals surface area contributed by atoms with Crippen molar-refractivity contribution in [3.63, 3.8) is 0 Å². The van der Waals surface area contributed by atoms with E-state index in [1.807, 2.05) is 38.2 Å². The first-order valence-corrected chi connectivity index (χ1v) is 5.96. The van der Waals surface area contributed by atoms with Crippen molar-refractivity contribution in [2.24, 2.45) is 7.05 Å². The van der Waals surface area contributed by atoms with Gasteiger partial charge < -0.3 is 10.1 Å². The van der Waals surface area contributed by atoms with Crippen molar-refractivity contribution in [2.75, 3.05) is 12.4 Å². The minimum atomic E-state index is 0.581. The van der Waals surface area contributed by atoms with Crippen LogP contribution in [0.4, 0.5) is 5.82 Å². The summed E-state index contributed by atoms with van der Waals surface area (Å²) in [4.78, 5) is 0. The van der Waals surface area contributed by atoms with E-state index >= 15 is 0 Å². The average Bonchev–Trinajstić information content (AvgIpc) is 2.70. The number of nitrogens with zero attached hydrogens (tertiary/aromatic N) is 3. The Hall–Kier alpha value is -2.48. The molecule has 1 aromatic carbocycles. The Morgan fingerprint density at radius 2 is 2.16 bits per heavy atom. The first-order chi connectivity index (χ1) is 9.17. The molecule has 0 aliphatic heterocycles. The molecule has 0 radical (unpaired) electrons. The molecule has 0 atom stereocenters. The van der Waals surface area contributed by atoms with Crippen LogP contribution in [0.2, 0.25) is 0 Å². The Morgan fingerprint density at radius 1 is 1.42 bits per heavy atom. The number of aromatic nitrogens is 2. The van der Waals surface area contributed by atoms with Crippen molar-refractivity contribution in [3.05, 3.63) is 41.1 Å². The van der Waals surface area contributed by atoms with E-state index in [4.69, 9.17) is 10.00 Å². The molecule has 1 N–H and O–H groups in total. The molecule has 2 aromatic rings. The summed E-state index contributed by atoms with van der Waals surface area (Å²) in [5.41, 5.74) is 2.35. The fourth-order valence-corrected chi connectivity index (χ4v) is 2.02. The molecule has 0 bridgehead atoms. The number of rotatable bonds is 4. The van der Waals surface area contributed by atoms with Crippen LogP contribution in [0.1, 0.15) is 16.8 Å². The number of aryl methyl sites for hydroxylation is 2. The van der Waals surface area contributed by atoms with Gasteiger partial charge in [0.05, 0.1) is 12.8 Å². The summed E-state index contributed by atoms with van der Waals surface area (Å²) in [7, 11) is 3.46. The Morgan fingerprint density at radius 3 is 2.84 bits per heavy atom. The number of hydrogen-bond donors (Lipinski definition) is 1. The Kier molecular flexibility index (Phi) is 3.71. The van der Waals surface area contributed by atoms with Crippen LogP contribution in [0.5, 0.6) is 5.75 Å². The molecule has 0 unspecified atom stereocenters. The molecule has 5 heteroatoms. The third-order valence-electron chi connectivity index (χ3n) is 2.97. The zero-order valence-electron chi connectivity index (χ0n) is 11.3. The monoisotopic (exact) mass is 256 g/mol. The van der Waals surface area contributed by atoms with E-state index in [1.54, 1.807) is 11.8 Å². The maximum atomic E-state index is 9.14. The minimum absolute atomic E-state index is 0.581. The first-order valence-electron chi connectivity index (χ1n) is 5.96. The van der Waals surface area contributed by atoms with Gasteiger partial charge in [-0.15, -0.1) is 0 Å². The average molecular weight is 256 g/mol. The lowest BCUT2D eigenvalue weighted by Crippen LogP contribution is -2.06. The van der Waals surface area contributed by atoms with Crippen molar-refractivity contribution < 1.29 is 4.74 Å². The van der Waals surface area contributed by atoms with Gasteiger partial charge in [-0.25, -0.2) is 0 Å². The van der Waals surface area contributed by atoms with Crippen molar-refractivity contribution in [3.8, 4) is 11.8 Å². The van der Waals surface area contributed by atoms with Crippen LogP contribution in [-0.4, -0.2) is 16.9 Å². The maximum Gasteiger partial charge on any atom is 0.142 e. The van der Waals surface area contributed by atoms with Gasteiger partial charge >= 0.3 is 0 Å². The number of hydrogen-bond acceptors (Lipinski definition) is 4. The van der Waals surface area contributed by atoms with E-state index in [0.29, 0.717) is 12.1 Å². The van der Waals surface area contributed by atoms with Gasteiger partial charge in [-0.05, 0) is 13.0 Å². The normalized spacial score (nSPS) is 10.0. The van der Waals surface area contributed by atoms with Gasteiger partial charge in [-0.3, -0.25) is 4.68 Å². The number of methoxy groups -OCH3 is 1. The SMILES string of the molecule is COc1ccccc1CNc1c(C#N)c(C)nn1C. The van der Waals surface area contributed by atoms with E-state index in [9.17, 15) is 0 Å². The second-order valence-corrected chi connectivity index (χ2v) is 4.21. The molecule has 0 spiro atoms. The summed E-state index contributed by atoms with van der Waals surface area (Å²) in [5.74, 6) is 1.55. The lowest BCUT2D eigenvalue weighted by molar-refractivity contribution is 0.410. The number of para-hydroxylation sites is 1. The number of ether oxygens (including phenoxy) is 1. The Balaban J connectivity index is 2.22. The standard InChI is InChI=1S/C14H16N4O/c1-10-12(8-15)14(18(2)17-10)16-9-11-6-4-5-7-13(11)19-3/h4-7,16H,9H2,1-3H3. The summed E-state index contributed by atoms with van der Waals surface area (Å²) < 4.78 is 6.98. The van der Waals surface area contributed by atoms with Crippen LogP contribution in [0, 0.1) is 18.3 Å². The summed E-state index contributed by atoms with van der Waals surface area (Å²) >= 11 is 0. The van der Waals surface area contributed by atoms with Crippen molar-refractivity contribution >= 4 is 5.82 Å². The van der Waals surface area contributed by atoms with Crippen LogP contribution in [-0.2, 0) is 13.6 Å². The Bertz CT molecular complexity index is 625. The summed E-state index contributed by atoms with van der Waals surface area (Å²) in [6, 6.07) is 9.96. The van der Waals surface area contributed by atoms with Gasteiger partial charge in [0, 0.05) is 19.2 Å². The van der Waals surface area contributed by atoms with Gasteiger partial charge in [0.15, 0.2) is 0 Å². The quantitative estimate of drug-likeness (QED) is 0.911. The first kappa shape index (κ1) is 13.0. The van der Waals surface area contributed by atoms with Gasteiger partial charge in [0.25, 0.3) is 0 Å². The van der Waals surface area contributed by atoms with Gasteiger partial charge in [0.2, 0.25) is 0 Å². The van der Waals surface area contributed by atoms with E-state index < -0.39 is 0 Å². The summed E-state index contributed by atoms with van der Waals surface area (Å²) in [6.45, 7) is 2.41. The van der Waals surface area contributed by atoms with Gasteiger partial charge in [-0.1, -0.05) is 18.2 Å². The molecule has 98 valence electrons. The number of nitriles is 1. The topological polar surface area (TPSA) is 62.9 Å². The predicted molar refractivity (Wildman–Crippen MR) is 73.0 cm³/mol. The second-order valence-electron chi connectivity index (χ2n) is 4.21. The molecule has 5 nitrogen and oxygen atoms in total. The van der Waals surface area contributed by atoms with Crippen molar-refractivity contribution in [1.29, 1.82) is 5.26 Å². The maximum absolute atomic E-state index is 9.14. The molecule has 0 saturated carbocycles. The van der Waals surface area contributed by atoms with Crippen LogP contribution < -0.4 is 10.1 Å². The third kappa shape index (κ3) is 2.52. The minimum Gasteiger partial charge on any atom is -0.496 e. The van der Waals surface area contributed by atoms with Crippen LogP contribution >= 0.6 is 0 Å². The molecule has 1 heterocycles. The van der Waals surface area contributed by atoms with E-state index in [1.165, 1.54) is 0 Å². The van der Waals surface area contributed by atoms with Crippen molar-refractivity contribution in [1.82, 2.24) is 9.78 Å². The van der Waals surface area contributed by atoms with E-state index in [0.717, 1.165) is 22.8 Å². The smallest absolute Gasteiger partial charge is 0.142 e. The zero-order chi connectivity index (χ0) is 13.8. The highest BCUT2D eigenvalue weighted by atomic mass is 16.5. The predicted octanol–water partition coefficient (Wildman–Crippen LogP) is 2.22. The Labute approximate surface area is 112 Å². The van der Waals surface area contributed by atoms with Crippen molar-refractivity contribution in [2.45, 2.75) is 13.5 Å². The second kappa shape index (κ2) is 5.44. The largest absolute Gasteiger partial charge is 0.496 e. The lowest BCUT2D eigenvalue weighted by Gasteiger charge is -2.10. The fourth-order valence-electron chi connectivity index (χ4n) is 2.02. The molecule has 0 aliphatic carbocycles. The number of anilines is 1. The zero-order valence-corrected chi connectivity index (χ0v) is 11.3. The third-order valence-corrected chi connectivity index (χ3v) is 2.97. The number of nitrogens with one attached hydrogen (secondary N) is 1. The highest BCUT2D eigenvalue weighted by Gasteiger charge is 2.12. The van der Waals surface area contributed by atoms with E-state index in [2.05, 4.69) is 16.5 Å². The van der Waals surface area contributed by atoms with Gasteiger partial charge in [-0.2, -0.15) is 10.4 Å². The molecule has 19 heavy (non-hydrogen) atoms. The summed E-state index contributed by atoms with van der Waals surface area (Å²) in [5, 5.41) is 16.6. The van der Waals surface area contributed by atoms with Crippen LogP contribution in [0.25, 0.3) is 0 Å². The lowest BCUT2D eigenvalue weighted by atomic mass is 10.2.